The summed E-state index contributed by atoms with van der Waals surface area (Å²) in [5.74, 6) is 0.464. The molecule has 1 aliphatic rings. The van der Waals surface area contributed by atoms with Gasteiger partial charge in [0.25, 0.3) is 5.91 Å². The number of nitrogens with one attached hydrogen (secondary N) is 1. The highest BCUT2D eigenvalue weighted by Crippen LogP contribution is 2.28. The second-order valence-corrected chi connectivity index (χ2v) is 5.68. The quantitative estimate of drug-likeness (QED) is 0.892. The minimum atomic E-state index is -0.159. The van der Waals surface area contributed by atoms with E-state index in [2.05, 4.69) is 19.2 Å². The van der Waals surface area contributed by atoms with Gasteiger partial charge in [-0.05, 0) is 42.9 Å². The first-order chi connectivity index (χ1) is 8.50. The van der Waals surface area contributed by atoms with Crippen molar-refractivity contribution in [3.63, 3.8) is 0 Å². The van der Waals surface area contributed by atoms with Gasteiger partial charge in [0.1, 0.15) is 0 Å². The second kappa shape index (κ2) is 6.40. The van der Waals surface area contributed by atoms with Crippen molar-refractivity contribution in [1.29, 1.82) is 0 Å². The maximum Gasteiger partial charge on any atom is 0.251 e. The normalized spacial score (nSPS) is 16.4. The summed E-state index contributed by atoms with van der Waals surface area (Å²) in [6, 6.07) is 7.80. The molecular formula is C15H23ClN2O. The van der Waals surface area contributed by atoms with Crippen molar-refractivity contribution in [2.24, 2.45) is 5.73 Å². The van der Waals surface area contributed by atoms with Gasteiger partial charge in [-0.2, -0.15) is 0 Å². The van der Waals surface area contributed by atoms with Crippen molar-refractivity contribution in [1.82, 2.24) is 5.32 Å². The summed E-state index contributed by atoms with van der Waals surface area (Å²) in [4.78, 5) is 11.9. The van der Waals surface area contributed by atoms with Crippen LogP contribution in [0, 0.1) is 0 Å². The molecule has 2 rings (SSSR count). The maximum atomic E-state index is 11.9. The van der Waals surface area contributed by atoms with Crippen LogP contribution in [0.5, 0.6) is 0 Å². The molecule has 0 unspecified atom stereocenters. The number of carbonyl (C=O) groups is 1. The molecule has 1 aromatic rings. The minimum Gasteiger partial charge on any atom is -0.350 e. The predicted molar refractivity (Wildman–Crippen MR) is 80.9 cm³/mol. The molecule has 1 fully saturated rings. The van der Waals surface area contributed by atoms with E-state index in [-0.39, 0.29) is 23.9 Å². The Morgan fingerprint density at radius 1 is 1.32 bits per heavy atom. The molecule has 0 radical (unpaired) electrons. The number of benzene rings is 1. The van der Waals surface area contributed by atoms with Crippen LogP contribution >= 0.6 is 12.4 Å². The Hall–Kier alpha value is -1.06. The van der Waals surface area contributed by atoms with Crippen LogP contribution in [0.15, 0.2) is 24.3 Å². The lowest BCUT2D eigenvalue weighted by Gasteiger charge is -2.38. The van der Waals surface area contributed by atoms with Gasteiger partial charge in [-0.3, -0.25) is 4.79 Å². The zero-order valence-corrected chi connectivity index (χ0v) is 12.4. The van der Waals surface area contributed by atoms with E-state index in [1.807, 2.05) is 24.3 Å². The van der Waals surface area contributed by atoms with Gasteiger partial charge in [0.05, 0.1) is 0 Å². The van der Waals surface area contributed by atoms with Crippen molar-refractivity contribution >= 4 is 18.3 Å². The first-order valence-corrected chi connectivity index (χ1v) is 6.67. The molecule has 1 aromatic carbocycles. The van der Waals surface area contributed by atoms with Gasteiger partial charge in [-0.1, -0.05) is 26.0 Å². The average molecular weight is 283 g/mol. The van der Waals surface area contributed by atoms with Crippen LogP contribution in [0.2, 0.25) is 0 Å². The van der Waals surface area contributed by atoms with Crippen molar-refractivity contribution in [3.05, 3.63) is 35.4 Å². The molecule has 1 aliphatic carbocycles. The molecule has 19 heavy (non-hydrogen) atoms. The van der Waals surface area contributed by atoms with Crippen molar-refractivity contribution < 1.29 is 4.79 Å². The van der Waals surface area contributed by atoms with E-state index in [0.717, 1.165) is 12.8 Å². The number of rotatable bonds is 4. The third-order valence-electron chi connectivity index (χ3n) is 3.79. The van der Waals surface area contributed by atoms with E-state index in [4.69, 9.17) is 5.73 Å². The van der Waals surface area contributed by atoms with Crippen LogP contribution in [0.3, 0.4) is 0 Å². The minimum absolute atomic E-state index is 0. The molecule has 0 bridgehead atoms. The van der Waals surface area contributed by atoms with Crippen LogP contribution in [0.1, 0.15) is 54.9 Å². The molecular weight excluding hydrogens is 260 g/mol. The highest BCUT2D eigenvalue weighted by atomic mass is 35.5. The number of halogens is 1. The fourth-order valence-corrected chi connectivity index (χ4v) is 2.19. The zero-order valence-electron chi connectivity index (χ0n) is 11.6. The standard InChI is InChI=1S/C15H22N2O.ClH/c1-11(2)12-4-6-13(7-5-12)14(18)17-10-15(16)8-3-9-15;/h4-7,11H,3,8-10,16H2,1-2H3,(H,17,18);1H. The Kier molecular flexibility index (Phi) is 5.39. The molecule has 1 saturated carbocycles. The molecule has 106 valence electrons. The summed E-state index contributed by atoms with van der Waals surface area (Å²) < 4.78 is 0. The van der Waals surface area contributed by atoms with Crippen molar-refractivity contribution in [2.75, 3.05) is 6.54 Å². The number of amides is 1. The molecule has 4 heteroatoms. The lowest BCUT2D eigenvalue weighted by molar-refractivity contribution is 0.0930. The third kappa shape index (κ3) is 3.95. The highest BCUT2D eigenvalue weighted by Gasteiger charge is 2.32. The summed E-state index contributed by atoms with van der Waals surface area (Å²) in [6.07, 6.45) is 3.20. The van der Waals surface area contributed by atoms with Gasteiger partial charge in [0.15, 0.2) is 0 Å². The smallest absolute Gasteiger partial charge is 0.251 e. The molecule has 0 aliphatic heterocycles. The van der Waals surface area contributed by atoms with Crippen LogP contribution in [-0.4, -0.2) is 18.0 Å². The Morgan fingerprint density at radius 2 is 1.89 bits per heavy atom. The molecule has 0 spiro atoms. The maximum absolute atomic E-state index is 11.9. The summed E-state index contributed by atoms with van der Waals surface area (Å²) in [7, 11) is 0. The van der Waals surface area contributed by atoms with Crippen LogP contribution < -0.4 is 11.1 Å². The number of hydrogen-bond donors (Lipinski definition) is 2. The summed E-state index contributed by atoms with van der Waals surface area (Å²) in [5, 5.41) is 2.93. The summed E-state index contributed by atoms with van der Waals surface area (Å²) in [6.45, 7) is 4.87. The van der Waals surface area contributed by atoms with Gasteiger partial charge in [-0.15, -0.1) is 12.4 Å². The van der Waals surface area contributed by atoms with Crippen molar-refractivity contribution in [2.45, 2.75) is 44.6 Å². The topological polar surface area (TPSA) is 55.1 Å². The van der Waals surface area contributed by atoms with Crippen LogP contribution in [-0.2, 0) is 0 Å². The van der Waals surface area contributed by atoms with Crippen molar-refractivity contribution in [3.8, 4) is 0 Å². The Labute approximate surface area is 121 Å². The predicted octanol–water partition coefficient (Wildman–Crippen LogP) is 2.84. The van der Waals surface area contributed by atoms with E-state index >= 15 is 0 Å². The van der Waals surface area contributed by atoms with Gasteiger partial charge in [0, 0.05) is 17.6 Å². The summed E-state index contributed by atoms with van der Waals surface area (Å²) in [5.41, 5.74) is 7.88. The molecule has 0 atom stereocenters. The Balaban J connectivity index is 0.00000180. The average Bonchev–Trinajstić information content (AvgIpc) is 2.33. The Bertz CT molecular complexity index is 424. The first-order valence-electron chi connectivity index (χ1n) is 6.67. The van der Waals surface area contributed by atoms with Gasteiger partial charge >= 0.3 is 0 Å². The fraction of sp³-hybridized carbons (Fsp3) is 0.533. The molecule has 3 nitrogen and oxygen atoms in total. The van der Waals surface area contributed by atoms with Gasteiger partial charge < -0.3 is 11.1 Å². The first kappa shape index (κ1) is 16.0. The number of hydrogen-bond acceptors (Lipinski definition) is 2. The second-order valence-electron chi connectivity index (χ2n) is 5.68. The lowest BCUT2D eigenvalue weighted by Crippen LogP contribution is -2.54. The Morgan fingerprint density at radius 3 is 2.32 bits per heavy atom. The third-order valence-corrected chi connectivity index (χ3v) is 3.79. The summed E-state index contributed by atoms with van der Waals surface area (Å²) >= 11 is 0. The SMILES string of the molecule is CC(C)c1ccc(C(=O)NCC2(N)CCC2)cc1.Cl. The largest absolute Gasteiger partial charge is 0.350 e. The van der Waals surface area contributed by atoms with E-state index in [9.17, 15) is 4.79 Å². The van der Waals surface area contributed by atoms with E-state index in [0.29, 0.717) is 18.0 Å². The molecule has 3 N–H and O–H groups in total. The monoisotopic (exact) mass is 282 g/mol. The molecule has 1 amide bonds. The highest BCUT2D eigenvalue weighted by molar-refractivity contribution is 5.94. The molecule has 0 heterocycles. The lowest BCUT2D eigenvalue weighted by atomic mass is 9.78. The van der Waals surface area contributed by atoms with E-state index < -0.39 is 0 Å². The van der Waals surface area contributed by atoms with E-state index in [1.54, 1.807) is 0 Å². The van der Waals surface area contributed by atoms with Crippen LogP contribution in [0.25, 0.3) is 0 Å². The number of carbonyl (C=O) groups excluding carboxylic acids is 1. The van der Waals surface area contributed by atoms with Crippen LogP contribution in [0.4, 0.5) is 0 Å². The molecule has 0 aromatic heterocycles. The van der Waals surface area contributed by atoms with Gasteiger partial charge in [-0.25, -0.2) is 0 Å². The fourth-order valence-electron chi connectivity index (χ4n) is 2.19. The van der Waals surface area contributed by atoms with E-state index in [1.165, 1.54) is 12.0 Å². The molecule has 0 saturated heterocycles. The zero-order chi connectivity index (χ0) is 13.2. The number of nitrogens with two attached hydrogens (primary N) is 1. The van der Waals surface area contributed by atoms with Gasteiger partial charge in [0.2, 0.25) is 0 Å².